The number of nitrogens with two attached hydrogens (primary N) is 1. The average molecular weight is 380 g/mol. The molecule has 1 aromatic rings. The van der Waals surface area contributed by atoms with Gasteiger partial charge in [0.1, 0.15) is 0 Å². The minimum atomic E-state index is -1.01. The predicted molar refractivity (Wildman–Crippen MR) is 110 cm³/mol. The van der Waals surface area contributed by atoms with Crippen LogP contribution in [-0.4, -0.2) is 16.3 Å². The Morgan fingerprint density at radius 3 is 2.15 bits per heavy atom. The summed E-state index contributed by atoms with van der Waals surface area (Å²) in [5.74, 6) is -0.311. The molecule has 1 aromatic heterocycles. The van der Waals surface area contributed by atoms with Gasteiger partial charge in [-0.25, -0.2) is 4.79 Å². The Morgan fingerprint density at radius 1 is 1.00 bits per heavy atom. The smallest absolute Gasteiger partial charge is 0.336 e. The van der Waals surface area contributed by atoms with Gasteiger partial charge in [-0.3, -0.25) is 0 Å². The summed E-state index contributed by atoms with van der Waals surface area (Å²) in [4.78, 5) is 11.2. The zero-order valence-electron chi connectivity index (χ0n) is 16.7. The molecule has 27 heavy (non-hydrogen) atoms. The third-order valence-electron chi connectivity index (χ3n) is 4.82. The fourth-order valence-electron chi connectivity index (χ4n) is 3.10. The Labute approximate surface area is 163 Å². The normalized spacial score (nSPS) is 13.9. The van der Waals surface area contributed by atoms with E-state index >= 15 is 0 Å². The van der Waals surface area contributed by atoms with E-state index in [2.05, 4.69) is 6.92 Å². The summed E-state index contributed by atoms with van der Waals surface area (Å²) in [6.07, 6.45) is 17.7. The number of aromatic hydroxyl groups is 1. The Morgan fingerprint density at radius 2 is 1.56 bits per heavy atom. The van der Waals surface area contributed by atoms with Gasteiger partial charge in [-0.2, -0.15) is 0 Å². The lowest BCUT2D eigenvalue weighted by Gasteiger charge is -2.15. The monoisotopic (exact) mass is 379 g/mol. The van der Waals surface area contributed by atoms with Gasteiger partial charge in [0.15, 0.2) is 11.5 Å². The molecule has 2 atom stereocenters. The van der Waals surface area contributed by atoms with Crippen molar-refractivity contribution in [1.29, 1.82) is 0 Å². The van der Waals surface area contributed by atoms with E-state index < -0.39 is 17.8 Å². The average Bonchev–Trinajstić information content (AvgIpc) is 2.66. The largest absolute Gasteiger partial charge is 0.504 e. The van der Waals surface area contributed by atoms with Gasteiger partial charge in [0.2, 0.25) is 0 Å². The molecule has 0 spiro atoms. The van der Waals surface area contributed by atoms with Gasteiger partial charge >= 0.3 is 5.63 Å². The Kier molecular flexibility index (Phi) is 12.6. The van der Waals surface area contributed by atoms with Crippen molar-refractivity contribution in [3.05, 3.63) is 40.5 Å². The van der Waals surface area contributed by atoms with Crippen molar-refractivity contribution < 1.29 is 14.6 Å². The first-order valence-corrected chi connectivity index (χ1v) is 10.5. The van der Waals surface area contributed by atoms with E-state index in [1.807, 2.05) is 6.08 Å². The highest BCUT2D eigenvalue weighted by atomic mass is 16.4. The summed E-state index contributed by atoms with van der Waals surface area (Å²) in [5, 5.41) is 19.8. The van der Waals surface area contributed by atoms with Crippen LogP contribution in [0.5, 0.6) is 5.75 Å². The topological polar surface area (TPSA) is 96.7 Å². The van der Waals surface area contributed by atoms with Gasteiger partial charge in [-0.05, 0) is 18.9 Å². The highest BCUT2D eigenvalue weighted by Gasteiger charge is 2.20. The number of aliphatic hydroxyl groups is 1. The fourth-order valence-corrected chi connectivity index (χ4v) is 3.10. The first-order chi connectivity index (χ1) is 13.1. The minimum Gasteiger partial charge on any atom is -0.504 e. The summed E-state index contributed by atoms with van der Waals surface area (Å²) in [6.45, 7) is 2.25. The van der Waals surface area contributed by atoms with Crippen LogP contribution >= 0.6 is 0 Å². The second kappa shape index (κ2) is 14.5. The molecule has 0 aliphatic rings. The summed E-state index contributed by atoms with van der Waals surface area (Å²) in [7, 11) is 0. The van der Waals surface area contributed by atoms with Crippen LogP contribution in [0.1, 0.15) is 95.8 Å². The molecule has 0 amide bonds. The maximum absolute atomic E-state index is 11.2. The van der Waals surface area contributed by atoms with Crippen molar-refractivity contribution in [2.75, 3.05) is 0 Å². The zero-order valence-corrected chi connectivity index (χ0v) is 16.7. The summed E-state index contributed by atoms with van der Waals surface area (Å²) in [5.41, 5.74) is 5.26. The van der Waals surface area contributed by atoms with Crippen LogP contribution in [0.25, 0.3) is 0 Å². The molecule has 0 aliphatic heterocycles. The lowest BCUT2D eigenvalue weighted by atomic mass is 10.0. The van der Waals surface area contributed by atoms with Crippen LogP contribution < -0.4 is 11.4 Å². The lowest BCUT2D eigenvalue weighted by molar-refractivity contribution is 0.173. The number of aliphatic hydroxyl groups excluding tert-OH is 1. The molecule has 0 saturated heterocycles. The quantitative estimate of drug-likeness (QED) is 0.295. The molecule has 0 radical (unpaired) electrons. The molecule has 4 N–H and O–H groups in total. The number of unbranched alkanes of at least 4 members (excludes halogenated alkanes) is 11. The zero-order chi connectivity index (χ0) is 19.9. The van der Waals surface area contributed by atoms with Crippen LogP contribution in [0.3, 0.4) is 0 Å². The van der Waals surface area contributed by atoms with Crippen LogP contribution in [0.2, 0.25) is 0 Å². The highest BCUT2D eigenvalue weighted by molar-refractivity contribution is 5.26. The van der Waals surface area contributed by atoms with Crippen molar-refractivity contribution in [2.45, 2.75) is 96.1 Å². The van der Waals surface area contributed by atoms with E-state index in [9.17, 15) is 15.0 Å². The molecule has 0 saturated carbocycles. The molecule has 0 aliphatic carbocycles. The summed E-state index contributed by atoms with van der Waals surface area (Å²) < 4.78 is 4.89. The molecular formula is C22H37NO4. The molecule has 5 nitrogen and oxygen atoms in total. The van der Waals surface area contributed by atoms with Gasteiger partial charge in [0, 0.05) is 6.07 Å². The fraction of sp³-hybridized carbons (Fsp3) is 0.682. The maximum Gasteiger partial charge on any atom is 0.336 e. The minimum absolute atomic E-state index is 0.0886. The van der Waals surface area contributed by atoms with Crippen molar-refractivity contribution in [3.8, 4) is 5.75 Å². The van der Waals surface area contributed by atoms with Crippen LogP contribution in [0, 0.1) is 0 Å². The number of hydrogen-bond donors (Lipinski definition) is 3. The molecular weight excluding hydrogens is 342 g/mol. The first-order valence-electron chi connectivity index (χ1n) is 10.5. The van der Waals surface area contributed by atoms with E-state index in [1.54, 1.807) is 6.08 Å². The van der Waals surface area contributed by atoms with E-state index in [-0.39, 0.29) is 11.5 Å². The van der Waals surface area contributed by atoms with Crippen LogP contribution in [-0.2, 0) is 0 Å². The van der Waals surface area contributed by atoms with Crippen molar-refractivity contribution in [2.24, 2.45) is 5.73 Å². The van der Waals surface area contributed by atoms with Crippen LogP contribution in [0.15, 0.2) is 33.5 Å². The van der Waals surface area contributed by atoms with E-state index in [4.69, 9.17) is 10.2 Å². The van der Waals surface area contributed by atoms with Gasteiger partial charge < -0.3 is 20.4 Å². The Hall–Kier alpha value is -1.59. The maximum atomic E-state index is 11.2. The predicted octanol–water partition coefficient (Wildman–Crippen LogP) is 4.96. The van der Waals surface area contributed by atoms with E-state index in [0.29, 0.717) is 0 Å². The second-order valence-electron chi connectivity index (χ2n) is 7.27. The molecule has 0 bridgehead atoms. The molecule has 1 rings (SSSR count). The van der Waals surface area contributed by atoms with E-state index in [0.717, 1.165) is 18.9 Å². The summed E-state index contributed by atoms with van der Waals surface area (Å²) in [6, 6.07) is 1.37. The van der Waals surface area contributed by atoms with Gasteiger partial charge in [0.05, 0.1) is 12.1 Å². The van der Waals surface area contributed by atoms with E-state index in [1.165, 1.54) is 70.3 Å². The van der Waals surface area contributed by atoms with Crippen LogP contribution in [0.4, 0.5) is 0 Å². The molecule has 0 fully saturated rings. The SMILES string of the molecule is CCCCCCCCCCCCCC=CC(O)C(N)c1oc(=O)ccc1O. The third-order valence-corrected chi connectivity index (χ3v) is 4.82. The number of allylic oxidation sites excluding steroid dienone is 1. The second-order valence-corrected chi connectivity index (χ2v) is 7.27. The standard InChI is InChI=1S/C22H37NO4/c1-2-3-4-5-6-7-8-9-10-11-12-13-14-15-18(24)21(23)22-19(25)16-17-20(26)27-22/h14-18,21,24-25H,2-13,23H2,1H3. The van der Waals surface area contributed by atoms with Gasteiger partial charge in [-0.1, -0.05) is 83.3 Å². The number of hydrogen-bond acceptors (Lipinski definition) is 5. The highest BCUT2D eigenvalue weighted by Crippen LogP contribution is 2.23. The Balaban J connectivity index is 2.09. The van der Waals surface area contributed by atoms with Crippen molar-refractivity contribution in [1.82, 2.24) is 0 Å². The third kappa shape index (κ3) is 10.4. The molecule has 0 aromatic carbocycles. The van der Waals surface area contributed by atoms with Crippen molar-refractivity contribution >= 4 is 0 Å². The lowest BCUT2D eigenvalue weighted by Crippen LogP contribution is -2.25. The molecule has 2 unspecified atom stereocenters. The van der Waals surface area contributed by atoms with Crippen molar-refractivity contribution in [3.63, 3.8) is 0 Å². The van der Waals surface area contributed by atoms with Gasteiger partial charge in [0.25, 0.3) is 0 Å². The molecule has 1 heterocycles. The molecule has 154 valence electrons. The molecule has 5 heteroatoms. The summed E-state index contributed by atoms with van der Waals surface area (Å²) >= 11 is 0. The Bertz CT molecular complexity index is 582. The number of rotatable bonds is 15. The first kappa shape index (κ1) is 23.4. The van der Waals surface area contributed by atoms with Gasteiger partial charge in [-0.15, -0.1) is 0 Å².